The van der Waals surface area contributed by atoms with Crippen LogP contribution >= 0.6 is 11.6 Å². The number of nitrogens with zero attached hydrogens (tertiary/aromatic N) is 3. The highest BCUT2D eigenvalue weighted by Gasteiger charge is 2.18. The van der Waals surface area contributed by atoms with Crippen LogP contribution < -0.4 is 5.73 Å². The maximum Gasteiger partial charge on any atom is 0.256 e. The van der Waals surface area contributed by atoms with Crippen LogP contribution in [0.15, 0.2) is 18.2 Å². The molecule has 0 radical (unpaired) electrons. The first-order chi connectivity index (χ1) is 9.10. The van der Waals surface area contributed by atoms with E-state index in [0.717, 1.165) is 0 Å². The second-order valence-electron chi connectivity index (χ2n) is 3.84. The molecule has 0 aromatic heterocycles. The summed E-state index contributed by atoms with van der Waals surface area (Å²) in [5.41, 5.74) is 6.37. The summed E-state index contributed by atoms with van der Waals surface area (Å²) in [6.45, 7) is 0.534. The second kappa shape index (κ2) is 7.25. The molecule has 0 fully saturated rings. The highest BCUT2D eigenvalue weighted by Crippen LogP contribution is 2.19. The monoisotopic (exact) mass is 276 g/mol. The van der Waals surface area contributed by atoms with E-state index in [-0.39, 0.29) is 31.8 Å². The van der Waals surface area contributed by atoms with Gasteiger partial charge >= 0.3 is 0 Å². The number of nitriles is 2. The predicted molar refractivity (Wildman–Crippen MR) is 72.2 cm³/mol. The van der Waals surface area contributed by atoms with Gasteiger partial charge in [-0.15, -0.1) is 0 Å². The lowest BCUT2D eigenvalue weighted by Crippen LogP contribution is -2.33. The molecule has 0 aliphatic carbocycles. The minimum atomic E-state index is -0.314. The molecule has 1 rings (SSSR count). The van der Waals surface area contributed by atoms with Crippen molar-refractivity contribution in [3.05, 3.63) is 28.8 Å². The summed E-state index contributed by atoms with van der Waals surface area (Å²) in [5.74, 6) is -0.314. The molecule has 5 nitrogen and oxygen atoms in total. The third-order valence-corrected chi connectivity index (χ3v) is 2.76. The summed E-state index contributed by atoms with van der Waals surface area (Å²) in [4.78, 5) is 13.7. The average Bonchev–Trinajstić information content (AvgIpc) is 2.41. The lowest BCUT2D eigenvalue weighted by molar-refractivity contribution is 0.0763. The van der Waals surface area contributed by atoms with Crippen molar-refractivity contribution in [1.29, 1.82) is 10.5 Å². The molecule has 0 atom stereocenters. The van der Waals surface area contributed by atoms with Crippen LogP contribution in [0.25, 0.3) is 0 Å². The Labute approximate surface area is 116 Å². The van der Waals surface area contributed by atoms with Gasteiger partial charge in [0.2, 0.25) is 0 Å². The molecule has 0 saturated heterocycles. The van der Waals surface area contributed by atoms with E-state index in [9.17, 15) is 4.79 Å². The van der Waals surface area contributed by atoms with Crippen molar-refractivity contribution in [3.8, 4) is 12.1 Å². The molecule has 1 aromatic rings. The van der Waals surface area contributed by atoms with E-state index in [1.165, 1.54) is 11.0 Å². The third-order valence-electron chi connectivity index (χ3n) is 2.52. The second-order valence-corrected chi connectivity index (χ2v) is 4.28. The van der Waals surface area contributed by atoms with Crippen LogP contribution in [0.2, 0.25) is 5.02 Å². The third kappa shape index (κ3) is 4.17. The van der Waals surface area contributed by atoms with Crippen LogP contribution in [0.1, 0.15) is 23.2 Å². The van der Waals surface area contributed by atoms with E-state index in [0.29, 0.717) is 16.3 Å². The number of carbonyl (C=O) groups excluding carboxylic acids is 1. The molecular weight excluding hydrogens is 264 g/mol. The van der Waals surface area contributed by atoms with Crippen LogP contribution in [0.5, 0.6) is 0 Å². The van der Waals surface area contributed by atoms with Crippen molar-refractivity contribution < 1.29 is 4.79 Å². The maximum atomic E-state index is 12.3. The van der Waals surface area contributed by atoms with Crippen LogP contribution in [0.4, 0.5) is 5.69 Å². The van der Waals surface area contributed by atoms with Gasteiger partial charge in [0.25, 0.3) is 5.91 Å². The predicted octanol–water partition coefficient (Wildman–Crippen LogP) is 2.19. The molecule has 0 spiro atoms. The smallest absolute Gasteiger partial charge is 0.256 e. The fourth-order valence-electron chi connectivity index (χ4n) is 1.57. The molecule has 0 aliphatic rings. The molecular formula is C13H13ClN4O. The van der Waals surface area contributed by atoms with E-state index in [1.807, 2.05) is 12.1 Å². The Morgan fingerprint density at radius 3 is 2.37 bits per heavy atom. The van der Waals surface area contributed by atoms with Gasteiger partial charge in [-0.3, -0.25) is 4.79 Å². The van der Waals surface area contributed by atoms with Crippen molar-refractivity contribution in [1.82, 2.24) is 4.90 Å². The number of amides is 1. The lowest BCUT2D eigenvalue weighted by Gasteiger charge is -2.21. The largest absolute Gasteiger partial charge is 0.398 e. The van der Waals surface area contributed by atoms with Crippen molar-refractivity contribution in [2.75, 3.05) is 18.8 Å². The van der Waals surface area contributed by atoms with Gasteiger partial charge < -0.3 is 10.6 Å². The van der Waals surface area contributed by atoms with Gasteiger partial charge in [-0.25, -0.2) is 0 Å². The number of carbonyl (C=O) groups is 1. The number of hydrogen-bond donors (Lipinski definition) is 1. The molecule has 98 valence electrons. The van der Waals surface area contributed by atoms with Gasteiger partial charge in [0.15, 0.2) is 0 Å². The molecule has 2 N–H and O–H groups in total. The SMILES string of the molecule is N#CCCN(CCC#N)C(=O)c1cc(Cl)ccc1N. The molecule has 0 bridgehead atoms. The Bertz CT molecular complexity index is 527. The van der Waals surface area contributed by atoms with Gasteiger partial charge in [-0.05, 0) is 18.2 Å². The number of anilines is 1. The number of halogens is 1. The quantitative estimate of drug-likeness (QED) is 0.834. The van der Waals surface area contributed by atoms with Gasteiger partial charge in [0.1, 0.15) is 0 Å². The number of rotatable bonds is 5. The van der Waals surface area contributed by atoms with Crippen LogP contribution in [-0.4, -0.2) is 23.9 Å². The Hall–Kier alpha value is -2.24. The van der Waals surface area contributed by atoms with Crippen molar-refractivity contribution in [2.45, 2.75) is 12.8 Å². The lowest BCUT2D eigenvalue weighted by atomic mass is 10.1. The van der Waals surface area contributed by atoms with Gasteiger partial charge in [-0.1, -0.05) is 11.6 Å². The topological polar surface area (TPSA) is 93.9 Å². The zero-order valence-corrected chi connectivity index (χ0v) is 11.0. The summed E-state index contributed by atoms with van der Waals surface area (Å²) in [6.07, 6.45) is 0.412. The summed E-state index contributed by atoms with van der Waals surface area (Å²) in [6, 6.07) is 8.59. The van der Waals surface area contributed by atoms with Crippen LogP contribution in [0, 0.1) is 22.7 Å². The molecule has 0 saturated carbocycles. The molecule has 0 aliphatic heterocycles. The summed E-state index contributed by atoms with van der Waals surface area (Å²) >= 11 is 5.84. The summed E-state index contributed by atoms with van der Waals surface area (Å²) in [5, 5.41) is 17.6. The summed E-state index contributed by atoms with van der Waals surface area (Å²) < 4.78 is 0. The minimum Gasteiger partial charge on any atom is -0.398 e. The van der Waals surface area contributed by atoms with E-state index in [1.54, 1.807) is 12.1 Å². The fraction of sp³-hybridized carbons (Fsp3) is 0.308. The first-order valence-corrected chi connectivity index (χ1v) is 6.06. The fourth-order valence-corrected chi connectivity index (χ4v) is 1.74. The molecule has 0 heterocycles. The van der Waals surface area contributed by atoms with Gasteiger partial charge in [0, 0.05) is 23.8 Å². The van der Waals surface area contributed by atoms with E-state index in [4.69, 9.17) is 27.9 Å². The van der Waals surface area contributed by atoms with Crippen molar-refractivity contribution in [3.63, 3.8) is 0 Å². The average molecular weight is 277 g/mol. The van der Waals surface area contributed by atoms with Crippen molar-refractivity contribution >= 4 is 23.2 Å². The summed E-state index contributed by atoms with van der Waals surface area (Å²) in [7, 11) is 0. The Morgan fingerprint density at radius 1 is 1.26 bits per heavy atom. The van der Waals surface area contributed by atoms with Gasteiger partial charge in [-0.2, -0.15) is 10.5 Å². The van der Waals surface area contributed by atoms with E-state index >= 15 is 0 Å². The van der Waals surface area contributed by atoms with Gasteiger partial charge in [0.05, 0.1) is 30.5 Å². The molecule has 0 unspecified atom stereocenters. The highest BCUT2D eigenvalue weighted by molar-refractivity contribution is 6.31. The number of benzene rings is 1. The molecule has 6 heteroatoms. The zero-order valence-electron chi connectivity index (χ0n) is 10.3. The molecule has 1 aromatic carbocycles. The van der Waals surface area contributed by atoms with Crippen LogP contribution in [-0.2, 0) is 0 Å². The van der Waals surface area contributed by atoms with Crippen LogP contribution in [0.3, 0.4) is 0 Å². The normalized spacial score (nSPS) is 9.42. The Kier molecular flexibility index (Phi) is 5.66. The minimum absolute atomic E-state index is 0.206. The maximum absolute atomic E-state index is 12.3. The first kappa shape index (κ1) is 14.8. The Balaban J connectivity index is 2.94. The molecule has 19 heavy (non-hydrogen) atoms. The Morgan fingerprint density at radius 2 is 1.84 bits per heavy atom. The first-order valence-electron chi connectivity index (χ1n) is 5.68. The molecule has 1 amide bonds. The van der Waals surface area contributed by atoms with E-state index < -0.39 is 0 Å². The number of nitrogen functional groups attached to an aromatic ring is 1. The number of hydrogen-bond acceptors (Lipinski definition) is 4. The van der Waals surface area contributed by atoms with Crippen molar-refractivity contribution in [2.24, 2.45) is 0 Å². The number of nitrogens with two attached hydrogens (primary N) is 1. The zero-order chi connectivity index (χ0) is 14.3. The highest BCUT2D eigenvalue weighted by atomic mass is 35.5. The standard InChI is InChI=1S/C13H13ClN4O/c14-10-3-4-12(17)11(9-10)13(19)18(7-1-5-15)8-2-6-16/h3-4,9H,1-2,7-8,17H2. The van der Waals surface area contributed by atoms with E-state index in [2.05, 4.69) is 0 Å².